The van der Waals surface area contributed by atoms with Gasteiger partial charge in [0, 0.05) is 12.1 Å². The topological polar surface area (TPSA) is 58.6 Å². The molecule has 0 spiro atoms. The van der Waals surface area contributed by atoms with E-state index in [4.69, 9.17) is 4.74 Å². The molecule has 5 nitrogen and oxygen atoms in total. The molecule has 0 unspecified atom stereocenters. The van der Waals surface area contributed by atoms with Crippen molar-refractivity contribution in [3.05, 3.63) is 65.5 Å². The Balaban J connectivity index is 1.94. The molecule has 1 aliphatic heterocycles. The van der Waals surface area contributed by atoms with Crippen LogP contribution in [0, 0.1) is 5.82 Å². The zero-order valence-corrected chi connectivity index (χ0v) is 16.5. The molecule has 0 aliphatic carbocycles. The van der Waals surface area contributed by atoms with Crippen LogP contribution in [0.5, 0.6) is 0 Å². The molecule has 3 rings (SSSR count). The van der Waals surface area contributed by atoms with E-state index in [1.165, 1.54) is 12.1 Å². The van der Waals surface area contributed by atoms with E-state index in [1.807, 2.05) is 37.3 Å². The molecule has 0 bridgehead atoms. The van der Waals surface area contributed by atoms with Crippen LogP contribution in [0.1, 0.15) is 44.9 Å². The van der Waals surface area contributed by atoms with Gasteiger partial charge in [0.2, 0.25) is 0 Å². The van der Waals surface area contributed by atoms with Gasteiger partial charge in [-0.05, 0) is 57.0 Å². The van der Waals surface area contributed by atoms with Crippen molar-refractivity contribution in [1.82, 2.24) is 5.32 Å². The summed E-state index contributed by atoms with van der Waals surface area (Å²) in [6, 6.07) is 12.9. The van der Waals surface area contributed by atoms with Gasteiger partial charge in [-0.25, -0.2) is 9.18 Å². The minimum absolute atomic E-state index is 0.211. The Morgan fingerprint density at radius 1 is 1.21 bits per heavy atom. The largest absolute Gasteiger partial charge is 0.444 e. The van der Waals surface area contributed by atoms with E-state index in [0.717, 1.165) is 5.56 Å². The molecule has 1 N–H and O–H groups in total. The minimum Gasteiger partial charge on any atom is -0.444 e. The summed E-state index contributed by atoms with van der Waals surface area (Å²) in [6.07, 6.45) is -0.457. The number of nitrogens with one attached hydrogen (secondary N) is 1. The van der Waals surface area contributed by atoms with Gasteiger partial charge in [0.25, 0.3) is 5.91 Å². The third kappa shape index (κ3) is 4.32. The number of hydrogen-bond acceptors (Lipinski definition) is 3. The third-order valence-corrected chi connectivity index (χ3v) is 4.62. The first-order valence-corrected chi connectivity index (χ1v) is 9.31. The summed E-state index contributed by atoms with van der Waals surface area (Å²) < 4.78 is 19.1. The Morgan fingerprint density at radius 3 is 2.54 bits per heavy atom. The van der Waals surface area contributed by atoms with Crippen molar-refractivity contribution in [3.8, 4) is 0 Å². The number of nitrogens with zero attached hydrogens (tertiary/aromatic N) is 1. The van der Waals surface area contributed by atoms with Gasteiger partial charge in [-0.3, -0.25) is 4.79 Å². The van der Waals surface area contributed by atoms with Crippen molar-refractivity contribution in [2.75, 3.05) is 4.90 Å². The SMILES string of the molecule is C[C@@H](c1ccccc1)N1C(=O)[C@H](NC(=O)OC(C)(C)C)Cc2cc(F)ccc21. The van der Waals surface area contributed by atoms with E-state index in [2.05, 4.69) is 5.32 Å². The van der Waals surface area contributed by atoms with Gasteiger partial charge in [0.15, 0.2) is 0 Å². The van der Waals surface area contributed by atoms with Crippen LogP contribution in [0.4, 0.5) is 14.9 Å². The number of halogens is 1. The van der Waals surface area contributed by atoms with Gasteiger partial charge in [-0.1, -0.05) is 30.3 Å². The fourth-order valence-corrected chi connectivity index (χ4v) is 3.39. The highest BCUT2D eigenvalue weighted by Gasteiger charge is 2.37. The van der Waals surface area contributed by atoms with Crippen LogP contribution in [0.25, 0.3) is 0 Å². The van der Waals surface area contributed by atoms with E-state index >= 15 is 0 Å². The van der Waals surface area contributed by atoms with Crippen LogP contribution in [-0.2, 0) is 16.0 Å². The van der Waals surface area contributed by atoms with Gasteiger partial charge >= 0.3 is 6.09 Å². The second-order valence-corrected chi connectivity index (χ2v) is 7.97. The summed E-state index contributed by atoms with van der Waals surface area (Å²) in [4.78, 5) is 27.1. The quantitative estimate of drug-likeness (QED) is 0.855. The summed E-state index contributed by atoms with van der Waals surface area (Å²) in [5.74, 6) is -0.627. The molecule has 2 atom stereocenters. The average Bonchev–Trinajstić information content (AvgIpc) is 2.61. The van der Waals surface area contributed by atoms with Crippen LogP contribution in [0.2, 0.25) is 0 Å². The van der Waals surface area contributed by atoms with Crippen molar-refractivity contribution in [2.24, 2.45) is 0 Å². The molecule has 2 amide bonds. The molecule has 0 radical (unpaired) electrons. The predicted molar refractivity (Wildman–Crippen MR) is 106 cm³/mol. The number of carbonyl (C=O) groups excluding carboxylic acids is 2. The Hall–Kier alpha value is -2.89. The maximum Gasteiger partial charge on any atom is 0.408 e. The summed E-state index contributed by atoms with van der Waals surface area (Å²) in [5, 5.41) is 2.65. The molecular weight excluding hydrogens is 359 g/mol. The lowest BCUT2D eigenvalue weighted by molar-refractivity contribution is -0.121. The fraction of sp³-hybridized carbons (Fsp3) is 0.364. The highest BCUT2D eigenvalue weighted by Crippen LogP contribution is 2.35. The van der Waals surface area contributed by atoms with Crippen LogP contribution < -0.4 is 10.2 Å². The van der Waals surface area contributed by atoms with Gasteiger partial charge < -0.3 is 15.0 Å². The Kier molecular flexibility index (Phi) is 5.40. The van der Waals surface area contributed by atoms with Crippen molar-refractivity contribution in [1.29, 1.82) is 0 Å². The molecule has 0 fully saturated rings. The number of rotatable bonds is 3. The van der Waals surface area contributed by atoms with Crippen molar-refractivity contribution in [3.63, 3.8) is 0 Å². The first-order chi connectivity index (χ1) is 13.2. The van der Waals surface area contributed by atoms with E-state index in [-0.39, 0.29) is 24.2 Å². The van der Waals surface area contributed by atoms with Crippen LogP contribution in [0.15, 0.2) is 48.5 Å². The third-order valence-electron chi connectivity index (χ3n) is 4.62. The number of alkyl carbamates (subject to hydrolysis) is 1. The van der Waals surface area contributed by atoms with Gasteiger partial charge in [-0.2, -0.15) is 0 Å². The first kappa shape index (κ1) is 19.9. The summed E-state index contributed by atoms with van der Waals surface area (Å²) in [6.45, 7) is 7.17. The molecule has 2 aromatic rings. The minimum atomic E-state index is -0.824. The summed E-state index contributed by atoms with van der Waals surface area (Å²) in [5.41, 5.74) is 1.60. The molecule has 0 aromatic heterocycles. The van der Waals surface area contributed by atoms with E-state index in [0.29, 0.717) is 11.3 Å². The summed E-state index contributed by atoms with van der Waals surface area (Å²) >= 11 is 0. The Morgan fingerprint density at radius 2 is 1.89 bits per heavy atom. The maximum atomic E-state index is 13.8. The van der Waals surface area contributed by atoms with E-state index < -0.39 is 17.7 Å². The molecule has 1 aliphatic rings. The highest BCUT2D eigenvalue weighted by atomic mass is 19.1. The zero-order chi connectivity index (χ0) is 20.5. The van der Waals surface area contributed by atoms with Gasteiger partial charge in [0.05, 0.1) is 6.04 Å². The van der Waals surface area contributed by atoms with Crippen LogP contribution >= 0.6 is 0 Å². The lowest BCUT2D eigenvalue weighted by atomic mass is 9.94. The second-order valence-electron chi connectivity index (χ2n) is 7.97. The molecule has 0 saturated carbocycles. The van der Waals surface area contributed by atoms with Gasteiger partial charge in [-0.15, -0.1) is 0 Å². The highest BCUT2D eigenvalue weighted by molar-refractivity contribution is 6.02. The van der Waals surface area contributed by atoms with Crippen molar-refractivity contribution < 1.29 is 18.7 Å². The Bertz CT molecular complexity index is 877. The average molecular weight is 384 g/mol. The lowest BCUT2D eigenvalue weighted by Gasteiger charge is -2.38. The number of hydrogen-bond donors (Lipinski definition) is 1. The number of fused-ring (bicyclic) bond motifs is 1. The first-order valence-electron chi connectivity index (χ1n) is 9.31. The van der Waals surface area contributed by atoms with Gasteiger partial charge in [0.1, 0.15) is 17.5 Å². The monoisotopic (exact) mass is 384 g/mol. The predicted octanol–water partition coefficient (Wildman–Crippen LogP) is 4.37. The lowest BCUT2D eigenvalue weighted by Crippen LogP contribution is -2.54. The molecule has 6 heteroatoms. The number of ether oxygens (including phenoxy) is 1. The molecule has 0 saturated heterocycles. The smallest absolute Gasteiger partial charge is 0.408 e. The van der Waals surface area contributed by atoms with Crippen molar-refractivity contribution in [2.45, 2.75) is 51.8 Å². The summed E-state index contributed by atoms with van der Waals surface area (Å²) in [7, 11) is 0. The van der Waals surface area contributed by atoms with E-state index in [9.17, 15) is 14.0 Å². The van der Waals surface area contributed by atoms with Crippen LogP contribution in [-0.4, -0.2) is 23.6 Å². The number of benzene rings is 2. The van der Waals surface area contributed by atoms with Crippen molar-refractivity contribution >= 4 is 17.7 Å². The Labute approximate surface area is 164 Å². The second kappa shape index (κ2) is 7.62. The molecule has 148 valence electrons. The van der Waals surface area contributed by atoms with E-state index in [1.54, 1.807) is 31.7 Å². The molecule has 28 heavy (non-hydrogen) atoms. The standard InChI is InChI=1S/C22H25FN2O3/c1-14(15-8-6-5-7-9-15)25-19-11-10-17(23)12-16(19)13-18(20(25)26)24-21(27)28-22(2,3)4/h5-12,14,18H,13H2,1-4H3,(H,24,27)/t14-,18+/m0/s1. The normalized spacial score (nSPS) is 17.7. The maximum absolute atomic E-state index is 13.8. The fourth-order valence-electron chi connectivity index (χ4n) is 3.39. The van der Waals surface area contributed by atoms with Crippen LogP contribution in [0.3, 0.4) is 0 Å². The number of carbonyl (C=O) groups is 2. The molecule has 1 heterocycles. The zero-order valence-electron chi connectivity index (χ0n) is 16.5. The molecular formula is C22H25FN2O3. The number of anilines is 1. The number of amides is 2. The molecule has 2 aromatic carbocycles.